The minimum atomic E-state index is -0.884. The average molecular weight is 493 g/mol. The van der Waals surface area contributed by atoms with Gasteiger partial charge in [0.25, 0.3) is 0 Å². The number of amides is 3. The molecule has 1 saturated carbocycles. The van der Waals surface area contributed by atoms with E-state index in [1.807, 2.05) is 56.3 Å². The van der Waals surface area contributed by atoms with E-state index < -0.39 is 6.04 Å². The lowest BCUT2D eigenvalue weighted by atomic mass is 9.85. The van der Waals surface area contributed by atoms with Gasteiger partial charge in [0, 0.05) is 16.6 Å². The van der Waals surface area contributed by atoms with Gasteiger partial charge in [-0.15, -0.1) is 0 Å². The Hall–Kier alpha value is -2.73. The molecule has 2 fully saturated rings. The number of carbonyl (C=O) groups excluding carboxylic acids is 3. The third-order valence-electron chi connectivity index (χ3n) is 7.15. The zero-order chi connectivity index (χ0) is 22.6. The summed E-state index contributed by atoms with van der Waals surface area (Å²) in [5.41, 5.74) is 3.51. The van der Waals surface area contributed by atoms with E-state index in [0.29, 0.717) is 12.1 Å². The SMILES string of the molecule is Cc1cc(NC(=O)[C@H](Cc2ccccc2)N2C(=O)[C@@H]3[C@@H](C2=O)[C@H]2C=C[C@@H]3C2)c(C)cc1Br. The van der Waals surface area contributed by atoms with E-state index in [2.05, 4.69) is 33.4 Å². The summed E-state index contributed by atoms with van der Waals surface area (Å²) in [5.74, 6) is -1.14. The number of hydrogen-bond acceptors (Lipinski definition) is 3. The van der Waals surface area contributed by atoms with Crippen molar-refractivity contribution >= 4 is 39.3 Å². The van der Waals surface area contributed by atoms with E-state index in [-0.39, 0.29) is 41.4 Å². The van der Waals surface area contributed by atoms with Gasteiger partial charge >= 0.3 is 0 Å². The molecule has 1 N–H and O–H groups in total. The van der Waals surface area contributed by atoms with E-state index >= 15 is 0 Å². The van der Waals surface area contributed by atoms with Crippen LogP contribution in [0.4, 0.5) is 5.69 Å². The molecule has 5 rings (SSSR count). The fraction of sp³-hybridized carbons (Fsp3) is 0.346. The molecule has 2 aromatic rings. The second kappa shape index (κ2) is 8.00. The van der Waals surface area contributed by atoms with Gasteiger partial charge in [0.1, 0.15) is 6.04 Å². The van der Waals surface area contributed by atoms with Crippen LogP contribution in [0.5, 0.6) is 0 Å². The van der Waals surface area contributed by atoms with Crippen molar-refractivity contribution in [2.75, 3.05) is 5.32 Å². The molecule has 164 valence electrons. The van der Waals surface area contributed by atoms with Crippen molar-refractivity contribution in [3.63, 3.8) is 0 Å². The van der Waals surface area contributed by atoms with Gasteiger partial charge in [-0.25, -0.2) is 0 Å². The number of rotatable bonds is 5. The second-order valence-electron chi connectivity index (χ2n) is 9.16. The van der Waals surface area contributed by atoms with Crippen LogP contribution in [0.3, 0.4) is 0 Å². The van der Waals surface area contributed by atoms with Crippen molar-refractivity contribution in [1.82, 2.24) is 4.90 Å². The molecule has 1 heterocycles. The largest absolute Gasteiger partial charge is 0.324 e. The lowest BCUT2D eigenvalue weighted by Gasteiger charge is -2.27. The Morgan fingerprint density at radius 3 is 2.28 bits per heavy atom. The van der Waals surface area contributed by atoms with E-state index in [1.54, 1.807) is 0 Å². The molecule has 2 aliphatic carbocycles. The van der Waals surface area contributed by atoms with Gasteiger partial charge in [-0.3, -0.25) is 19.3 Å². The molecule has 6 heteroatoms. The number of fused-ring (bicyclic) bond motifs is 5. The number of nitrogens with zero attached hydrogens (tertiary/aromatic N) is 1. The predicted octanol–water partition coefficient (Wildman–Crippen LogP) is 4.42. The molecule has 0 spiro atoms. The van der Waals surface area contributed by atoms with Crippen LogP contribution in [-0.2, 0) is 20.8 Å². The van der Waals surface area contributed by atoms with Crippen molar-refractivity contribution in [2.45, 2.75) is 32.7 Å². The van der Waals surface area contributed by atoms with E-state index in [9.17, 15) is 14.4 Å². The summed E-state index contributed by atoms with van der Waals surface area (Å²) in [4.78, 5) is 41.7. The Labute approximate surface area is 196 Å². The second-order valence-corrected chi connectivity index (χ2v) is 10.0. The molecular formula is C26H25BrN2O3. The smallest absolute Gasteiger partial charge is 0.248 e. The Morgan fingerprint density at radius 1 is 1.03 bits per heavy atom. The van der Waals surface area contributed by atoms with Gasteiger partial charge in [-0.2, -0.15) is 0 Å². The first-order chi connectivity index (χ1) is 15.3. The number of anilines is 1. The number of halogens is 1. The summed E-state index contributed by atoms with van der Waals surface area (Å²) < 4.78 is 0.967. The molecule has 0 aromatic heterocycles. The molecule has 3 amide bonds. The molecule has 2 bridgehead atoms. The maximum Gasteiger partial charge on any atom is 0.248 e. The number of hydrogen-bond donors (Lipinski definition) is 1. The minimum Gasteiger partial charge on any atom is -0.324 e. The minimum absolute atomic E-state index is 0.114. The first-order valence-electron chi connectivity index (χ1n) is 11.0. The third kappa shape index (κ3) is 3.41. The number of nitrogens with one attached hydrogen (secondary N) is 1. The molecular weight excluding hydrogens is 468 g/mol. The van der Waals surface area contributed by atoms with Crippen LogP contribution >= 0.6 is 15.9 Å². The van der Waals surface area contributed by atoms with Gasteiger partial charge in [0.15, 0.2) is 0 Å². The van der Waals surface area contributed by atoms with Crippen LogP contribution in [0.25, 0.3) is 0 Å². The first kappa shape index (κ1) is 21.1. The summed E-state index contributed by atoms with van der Waals surface area (Å²) in [6.45, 7) is 3.88. The molecule has 5 nitrogen and oxygen atoms in total. The maximum atomic E-state index is 13.6. The fourth-order valence-electron chi connectivity index (χ4n) is 5.50. The highest BCUT2D eigenvalue weighted by molar-refractivity contribution is 9.10. The standard InChI is InChI=1S/C26H25BrN2O3/c1-14-11-20(15(2)10-19(14)27)28-24(30)21(12-16-6-4-3-5-7-16)29-25(31)22-17-8-9-18(13-17)23(22)26(29)32/h3-11,17-18,21-23H,12-13H2,1-2H3,(H,28,30)/t17-,18+,21-,22-,23-/m0/s1. The van der Waals surface area contributed by atoms with Crippen molar-refractivity contribution in [1.29, 1.82) is 0 Å². The first-order valence-corrected chi connectivity index (χ1v) is 11.8. The topological polar surface area (TPSA) is 66.5 Å². The quantitative estimate of drug-likeness (QED) is 0.496. The van der Waals surface area contributed by atoms with Gasteiger partial charge in [0.05, 0.1) is 11.8 Å². The predicted molar refractivity (Wildman–Crippen MR) is 126 cm³/mol. The molecule has 2 aromatic carbocycles. The fourth-order valence-corrected chi connectivity index (χ4v) is 5.96. The number of benzene rings is 2. The third-order valence-corrected chi connectivity index (χ3v) is 8.01. The number of imide groups is 1. The van der Waals surface area contributed by atoms with Crippen molar-refractivity contribution in [2.24, 2.45) is 23.7 Å². The van der Waals surface area contributed by atoms with Crippen LogP contribution in [0, 0.1) is 37.5 Å². The van der Waals surface area contributed by atoms with E-state index in [4.69, 9.17) is 0 Å². The van der Waals surface area contributed by atoms with Crippen LogP contribution in [0.15, 0.2) is 59.1 Å². The Morgan fingerprint density at radius 2 is 1.66 bits per heavy atom. The van der Waals surface area contributed by atoms with Crippen LogP contribution in [0.2, 0.25) is 0 Å². The molecule has 5 atom stereocenters. The van der Waals surface area contributed by atoms with Gasteiger partial charge in [0.2, 0.25) is 17.7 Å². The lowest BCUT2D eigenvalue weighted by molar-refractivity contribution is -0.147. The molecule has 3 aliphatic rings. The highest BCUT2D eigenvalue weighted by Gasteiger charge is 2.61. The van der Waals surface area contributed by atoms with Crippen molar-refractivity contribution in [3.05, 3.63) is 75.8 Å². The van der Waals surface area contributed by atoms with Gasteiger partial charge < -0.3 is 5.32 Å². The Balaban J connectivity index is 1.47. The van der Waals surface area contributed by atoms with Gasteiger partial charge in [-0.1, -0.05) is 58.4 Å². The molecule has 1 saturated heterocycles. The Bertz CT molecular complexity index is 1110. The summed E-state index contributed by atoms with van der Waals surface area (Å²) in [5, 5.41) is 3.00. The summed E-state index contributed by atoms with van der Waals surface area (Å²) in [6.07, 6.45) is 5.30. The summed E-state index contributed by atoms with van der Waals surface area (Å²) >= 11 is 3.52. The van der Waals surface area contributed by atoms with Crippen LogP contribution < -0.4 is 5.32 Å². The number of likely N-dealkylation sites (tertiary alicyclic amines) is 1. The van der Waals surface area contributed by atoms with E-state index in [1.165, 1.54) is 4.90 Å². The zero-order valence-corrected chi connectivity index (χ0v) is 19.6. The Kier molecular flexibility index (Phi) is 5.28. The molecule has 1 aliphatic heterocycles. The lowest BCUT2D eigenvalue weighted by Crippen LogP contribution is -2.49. The van der Waals surface area contributed by atoms with E-state index in [0.717, 1.165) is 27.6 Å². The number of allylic oxidation sites excluding steroid dienone is 2. The monoisotopic (exact) mass is 492 g/mol. The van der Waals surface area contributed by atoms with Crippen LogP contribution in [0.1, 0.15) is 23.1 Å². The highest BCUT2D eigenvalue weighted by Crippen LogP contribution is 2.53. The number of carbonyl (C=O) groups is 3. The van der Waals surface area contributed by atoms with Crippen LogP contribution in [-0.4, -0.2) is 28.7 Å². The van der Waals surface area contributed by atoms with Gasteiger partial charge in [-0.05, 0) is 60.9 Å². The highest BCUT2D eigenvalue weighted by atomic mass is 79.9. The maximum absolute atomic E-state index is 13.6. The van der Waals surface area contributed by atoms with Crippen molar-refractivity contribution < 1.29 is 14.4 Å². The molecule has 0 radical (unpaired) electrons. The molecule has 32 heavy (non-hydrogen) atoms. The van der Waals surface area contributed by atoms with Crippen molar-refractivity contribution in [3.8, 4) is 0 Å². The summed E-state index contributed by atoms with van der Waals surface area (Å²) in [7, 11) is 0. The average Bonchev–Trinajstić information content (AvgIpc) is 3.45. The normalized spacial score (nSPS) is 26.5. The summed E-state index contributed by atoms with van der Waals surface area (Å²) in [6, 6.07) is 12.5. The molecule has 0 unspecified atom stereocenters. The number of aryl methyl sites for hydroxylation is 2. The zero-order valence-electron chi connectivity index (χ0n) is 18.0.